The van der Waals surface area contributed by atoms with Crippen LogP contribution in [0.5, 0.6) is 0 Å². The first-order valence-corrected chi connectivity index (χ1v) is 7.27. The van der Waals surface area contributed by atoms with Gasteiger partial charge in [-0.3, -0.25) is 0 Å². The van der Waals surface area contributed by atoms with E-state index in [-0.39, 0.29) is 0 Å². The number of halogens is 1. The molecule has 1 aromatic rings. The first-order valence-electron chi connectivity index (χ1n) is 5.43. The molecule has 0 aliphatic carbocycles. The first kappa shape index (κ1) is 12.3. The van der Waals surface area contributed by atoms with Crippen LogP contribution in [0.25, 0.3) is 0 Å². The van der Waals surface area contributed by atoms with E-state index in [9.17, 15) is 0 Å². The summed E-state index contributed by atoms with van der Waals surface area (Å²) in [5.74, 6) is 1.00. The lowest BCUT2D eigenvalue weighted by Crippen LogP contribution is -2.13. The highest BCUT2D eigenvalue weighted by Crippen LogP contribution is 2.30. The molecule has 16 heavy (non-hydrogen) atoms. The van der Waals surface area contributed by atoms with Crippen molar-refractivity contribution in [3.63, 3.8) is 0 Å². The Labute approximate surface area is 109 Å². The van der Waals surface area contributed by atoms with Gasteiger partial charge in [-0.05, 0) is 37.1 Å². The second kappa shape index (κ2) is 5.43. The van der Waals surface area contributed by atoms with Gasteiger partial charge in [0, 0.05) is 27.8 Å². The summed E-state index contributed by atoms with van der Waals surface area (Å²) >= 11 is 5.43. The number of ether oxygens (including phenoxy) is 1. The Bertz CT molecular complexity index is 352. The van der Waals surface area contributed by atoms with Crippen molar-refractivity contribution < 1.29 is 4.74 Å². The zero-order valence-corrected chi connectivity index (χ0v) is 11.7. The Hall–Kier alpha value is -0.190. The molecule has 2 N–H and O–H groups in total. The topological polar surface area (TPSA) is 35.2 Å². The average molecular weight is 302 g/mol. The van der Waals surface area contributed by atoms with Crippen molar-refractivity contribution in [3.05, 3.63) is 28.2 Å². The van der Waals surface area contributed by atoms with Crippen molar-refractivity contribution in [1.29, 1.82) is 0 Å². The molecule has 2 nitrogen and oxygen atoms in total. The molecule has 1 aliphatic heterocycles. The molecule has 4 heteroatoms. The predicted octanol–water partition coefficient (Wildman–Crippen LogP) is 3.44. The Morgan fingerprint density at radius 2 is 2.31 bits per heavy atom. The van der Waals surface area contributed by atoms with Crippen molar-refractivity contribution in [1.82, 2.24) is 0 Å². The van der Waals surface area contributed by atoms with Gasteiger partial charge in [-0.25, -0.2) is 0 Å². The van der Waals surface area contributed by atoms with E-state index in [1.54, 1.807) is 0 Å². The van der Waals surface area contributed by atoms with Gasteiger partial charge >= 0.3 is 0 Å². The molecule has 0 saturated carbocycles. The Morgan fingerprint density at radius 3 is 2.94 bits per heavy atom. The minimum atomic E-state index is 0.384. The molecule has 0 aromatic heterocycles. The number of nitrogen functional groups attached to an aromatic ring is 1. The minimum absolute atomic E-state index is 0.384. The third-order valence-electron chi connectivity index (χ3n) is 2.75. The maximum absolute atomic E-state index is 5.81. The quantitative estimate of drug-likeness (QED) is 0.869. The lowest BCUT2D eigenvalue weighted by atomic mass is 10.2. The summed E-state index contributed by atoms with van der Waals surface area (Å²) in [6.07, 6.45) is 1.55. The summed E-state index contributed by atoms with van der Waals surface area (Å²) in [4.78, 5) is 0. The summed E-state index contributed by atoms with van der Waals surface area (Å²) < 4.78 is 6.60. The molecule has 0 amide bonds. The van der Waals surface area contributed by atoms with Crippen LogP contribution in [0, 0.1) is 0 Å². The third kappa shape index (κ3) is 3.15. The van der Waals surface area contributed by atoms with E-state index >= 15 is 0 Å². The Balaban J connectivity index is 1.94. The zero-order valence-electron chi connectivity index (χ0n) is 9.28. The van der Waals surface area contributed by atoms with E-state index < -0.39 is 0 Å². The maximum Gasteiger partial charge on any atom is 0.0666 e. The fourth-order valence-corrected chi connectivity index (χ4v) is 3.64. The number of hydrogen-bond acceptors (Lipinski definition) is 3. The largest absolute Gasteiger partial charge is 0.399 e. The molecule has 1 saturated heterocycles. The number of nitrogens with two attached hydrogens (primary N) is 1. The number of anilines is 1. The van der Waals surface area contributed by atoms with Crippen LogP contribution in [-0.2, 0) is 10.5 Å². The van der Waals surface area contributed by atoms with E-state index in [2.05, 4.69) is 28.9 Å². The molecule has 1 heterocycles. The van der Waals surface area contributed by atoms with Crippen LogP contribution < -0.4 is 5.73 Å². The fraction of sp³-hybridized carbons (Fsp3) is 0.500. The van der Waals surface area contributed by atoms with Gasteiger partial charge < -0.3 is 10.5 Å². The van der Waals surface area contributed by atoms with Crippen LogP contribution >= 0.6 is 27.7 Å². The summed E-state index contributed by atoms with van der Waals surface area (Å²) in [6.45, 7) is 3.05. The van der Waals surface area contributed by atoms with E-state index in [0.29, 0.717) is 11.4 Å². The van der Waals surface area contributed by atoms with Crippen LogP contribution in [-0.4, -0.2) is 18.0 Å². The summed E-state index contributed by atoms with van der Waals surface area (Å²) in [5, 5.41) is 0.625. The molecule has 88 valence electrons. The molecule has 2 unspecified atom stereocenters. The molecular formula is C12H16BrNOS. The van der Waals surface area contributed by atoms with Crippen molar-refractivity contribution in [2.24, 2.45) is 0 Å². The average Bonchev–Trinajstić information content (AvgIpc) is 2.59. The number of benzene rings is 1. The van der Waals surface area contributed by atoms with Gasteiger partial charge in [0.2, 0.25) is 0 Å². The molecule has 1 fully saturated rings. The van der Waals surface area contributed by atoms with Gasteiger partial charge in [-0.15, -0.1) is 0 Å². The first-order chi connectivity index (χ1) is 7.65. The van der Waals surface area contributed by atoms with Crippen molar-refractivity contribution in [2.75, 3.05) is 12.3 Å². The molecule has 0 radical (unpaired) electrons. The van der Waals surface area contributed by atoms with Crippen LogP contribution in [0.2, 0.25) is 0 Å². The van der Waals surface area contributed by atoms with Crippen LogP contribution in [0.3, 0.4) is 0 Å². The smallest absolute Gasteiger partial charge is 0.0666 e. The van der Waals surface area contributed by atoms with Crippen LogP contribution in [0.4, 0.5) is 5.69 Å². The van der Waals surface area contributed by atoms with Crippen LogP contribution in [0.1, 0.15) is 18.9 Å². The van der Waals surface area contributed by atoms with Crippen molar-refractivity contribution >= 4 is 33.4 Å². The number of thioether (sulfide) groups is 1. The highest BCUT2D eigenvalue weighted by Gasteiger charge is 2.24. The molecule has 2 atom stereocenters. The zero-order chi connectivity index (χ0) is 11.5. The number of rotatable bonds is 3. The normalized spacial score (nSPS) is 24.9. The molecule has 1 aromatic carbocycles. The molecule has 0 spiro atoms. The van der Waals surface area contributed by atoms with Crippen molar-refractivity contribution in [2.45, 2.75) is 30.5 Å². The maximum atomic E-state index is 5.81. The monoisotopic (exact) mass is 301 g/mol. The minimum Gasteiger partial charge on any atom is -0.399 e. The fourth-order valence-electron chi connectivity index (χ4n) is 1.89. The lowest BCUT2D eigenvalue weighted by molar-refractivity contribution is 0.127. The SMILES string of the molecule is CC1OCCC1SCc1cc(N)cc(Br)c1. The van der Waals surface area contributed by atoms with Gasteiger partial charge in [-0.1, -0.05) is 15.9 Å². The van der Waals surface area contributed by atoms with Gasteiger partial charge in [-0.2, -0.15) is 11.8 Å². The van der Waals surface area contributed by atoms with E-state index in [1.165, 1.54) is 5.56 Å². The van der Waals surface area contributed by atoms with E-state index in [1.807, 2.05) is 23.9 Å². The van der Waals surface area contributed by atoms with Gasteiger partial charge in [0.15, 0.2) is 0 Å². The van der Waals surface area contributed by atoms with Crippen molar-refractivity contribution in [3.8, 4) is 0 Å². The summed E-state index contributed by atoms with van der Waals surface area (Å²) in [7, 11) is 0. The summed E-state index contributed by atoms with van der Waals surface area (Å²) in [6, 6.07) is 6.09. The molecule has 0 bridgehead atoms. The molecular weight excluding hydrogens is 286 g/mol. The summed E-state index contributed by atoms with van der Waals surface area (Å²) in [5.41, 5.74) is 7.90. The Morgan fingerprint density at radius 1 is 1.50 bits per heavy atom. The highest BCUT2D eigenvalue weighted by atomic mass is 79.9. The third-order valence-corrected chi connectivity index (χ3v) is 4.76. The van der Waals surface area contributed by atoms with E-state index in [4.69, 9.17) is 10.5 Å². The second-order valence-corrected chi connectivity index (χ2v) is 6.25. The lowest BCUT2D eigenvalue weighted by Gasteiger charge is -2.13. The molecule has 2 rings (SSSR count). The second-order valence-electron chi connectivity index (χ2n) is 4.11. The predicted molar refractivity (Wildman–Crippen MR) is 73.7 cm³/mol. The van der Waals surface area contributed by atoms with Gasteiger partial charge in [0.1, 0.15) is 0 Å². The Kier molecular flexibility index (Phi) is 4.16. The van der Waals surface area contributed by atoms with Gasteiger partial charge in [0.05, 0.1) is 6.10 Å². The van der Waals surface area contributed by atoms with Crippen LogP contribution in [0.15, 0.2) is 22.7 Å². The number of hydrogen-bond donors (Lipinski definition) is 1. The van der Waals surface area contributed by atoms with E-state index in [0.717, 1.165) is 28.9 Å². The standard InChI is InChI=1S/C12H16BrNOS/c1-8-12(2-3-15-8)16-7-9-4-10(13)6-11(14)5-9/h4-6,8,12H,2-3,7,14H2,1H3. The molecule has 1 aliphatic rings. The van der Waals surface area contributed by atoms with Gasteiger partial charge in [0.25, 0.3) is 0 Å². The highest BCUT2D eigenvalue weighted by molar-refractivity contribution is 9.10.